The van der Waals surface area contributed by atoms with Gasteiger partial charge in [-0.25, -0.2) is 0 Å². The summed E-state index contributed by atoms with van der Waals surface area (Å²) in [6.07, 6.45) is 1.06. The Morgan fingerprint density at radius 3 is 1.45 bits per heavy atom. The number of aromatic hydroxyl groups is 1. The molecule has 0 saturated carbocycles. The Morgan fingerprint density at radius 2 is 1.05 bits per heavy atom. The largest absolute Gasteiger partial charge is 0.508 e. The van der Waals surface area contributed by atoms with Crippen LogP contribution < -0.4 is 15.9 Å². The smallest absolute Gasteiger partial charge is 0.115 e. The second-order valence-electron chi connectivity index (χ2n) is 5.31. The van der Waals surface area contributed by atoms with Gasteiger partial charge in [-0.15, -0.1) is 0 Å². The normalized spacial score (nSPS) is 11.3. The van der Waals surface area contributed by atoms with E-state index in [4.69, 9.17) is 0 Å². The van der Waals surface area contributed by atoms with Crippen molar-refractivity contribution in [3.8, 4) is 5.75 Å². The Bertz CT molecular complexity index is 681. The van der Waals surface area contributed by atoms with Gasteiger partial charge in [-0.05, 0) is 41.5 Å². The van der Waals surface area contributed by atoms with Crippen LogP contribution in [0.2, 0.25) is 0 Å². The molecule has 0 unspecified atom stereocenters. The minimum absolute atomic E-state index is 0.319. The second kappa shape index (κ2) is 6.34. The molecule has 0 atom stereocenters. The van der Waals surface area contributed by atoms with Gasteiger partial charge in [0.15, 0.2) is 0 Å². The summed E-state index contributed by atoms with van der Waals surface area (Å²) in [6.45, 7) is 2.26. The maximum atomic E-state index is 9.65. The standard InChI is InChI=1S/C20H20OP/c1-2-22(18-9-5-3-6-10-18,19-11-7-4-8-12-19)20-15-13-17(21)14-16-20/h3-16,21H,2H2,1H3. The summed E-state index contributed by atoms with van der Waals surface area (Å²) in [4.78, 5) is 0. The molecule has 0 bridgehead atoms. The second-order valence-corrected chi connectivity index (χ2v) is 9.11. The topological polar surface area (TPSA) is 20.2 Å². The van der Waals surface area contributed by atoms with Crippen LogP contribution in [-0.4, -0.2) is 11.3 Å². The molecule has 0 aromatic heterocycles. The highest BCUT2D eigenvalue weighted by atomic mass is 31.2. The Hall–Kier alpha value is -2.11. The monoisotopic (exact) mass is 307 g/mol. The molecule has 0 spiro atoms. The van der Waals surface area contributed by atoms with Crippen LogP contribution in [0.25, 0.3) is 0 Å². The zero-order valence-electron chi connectivity index (χ0n) is 12.7. The first-order valence-electron chi connectivity index (χ1n) is 7.56. The third kappa shape index (κ3) is 2.53. The fourth-order valence-electron chi connectivity index (χ4n) is 3.07. The SMILES string of the molecule is CC[P](c1ccccc1)(c1ccccc1)c1ccc(O)cc1. The molecule has 2 heteroatoms. The van der Waals surface area contributed by atoms with E-state index in [2.05, 4.69) is 79.7 Å². The van der Waals surface area contributed by atoms with E-state index in [1.165, 1.54) is 15.9 Å². The third-order valence-electron chi connectivity index (χ3n) is 4.16. The predicted octanol–water partition coefficient (Wildman–Crippen LogP) is 3.71. The maximum absolute atomic E-state index is 9.65. The Balaban J connectivity index is 2.28. The van der Waals surface area contributed by atoms with E-state index in [-0.39, 0.29) is 0 Å². The van der Waals surface area contributed by atoms with Crippen molar-refractivity contribution in [3.05, 3.63) is 84.9 Å². The number of hydrogen-bond donors (Lipinski definition) is 1. The molecule has 3 aromatic rings. The molecule has 1 N–H and O–H groups in total. The van der Waals surface area contributed by atoms with Crippen molar-refractivity contribution in [3.63, 3.8) is 0 Å². The molecule has 1 nitrogen and oxygen atoms in total. The lowest BCUT2D eigenvalue weighted by Crippen LogP contribution is -2.32. The van der Waals surface area contributed by atoms with Crippen molar-refractivity contribution in [2.75, 3.05) is 6.16 Å². The fourth-order valence-corrected chi connectivity index (χ4v) is 7.08. The summed E-state index contributed by atoms with van der Waals surface area (Å²) in [5.74, 6) is 0.319. The van der Waals surface area contributed by atoms with Gasteiger partial charge in [-0.3, -0.25) is 0 Å². The van der Waals surface area contributed by atoms with Crippen molar-refractivity contribution < 1.29 is 5.11 Å². The summed E-state index contributed by atoms with van der Waals surface area (Å²) >= 11 is 0. The average Bonchev–Trinajstić information content (AvgIpc) is 2.59. The van der Waals surface area contributed by atoms with Crippen LogP contribution in [0.5, 0.6) is 5.75 Å². The van der Waals surface area contributed by atoms with E-state index in [1.54, 1.807) is 12.1 Å². The number of hydrogen-bond acceptors (Lipinski definition) is 1. The number of rotatable bonds is 4. The average molecular weight is 307 g/mol. The van der Waals surface area contributed by atoms with Gasteiger partial charge in [-0.2, -0.15) is 0 Å². The molecule has 0 aliphatic heterocycles. The van der Waals surface area contributed by atoms with Gasteiger partial charge in [0.25, 0.3) is 0 Å². The van der Waals surface area contributed by atoms with Crippen LogP contribution in [-0.2, 0) is 0 Å². The quantitative estimate of drug-likeness (QED) is 0.729. The lowest BCUT2D eigenvalue weighted by atomic mass is 10.3. The van der Waals surface area contributed by atoms with Crippen molar-refractivity contribution in [2.24, 2.45) is 0 Å². The van der Waals surface area contributed by atoms with E-state index >= 15 is 0 Å². The van der Waals surface area contributed by atoms with E-state index in [9.17, 15) is 5.11 Å². The molecule has 1 radical (unpaired) electrons. The zero-order chi connectivity index (χ0) is 15.4. The van der Waals surface area contributed by atoms with Gasteiger partial charge in [0.2, 0.25) is 0 Å². The fraction of sp³-hybridized carbons (Fsp3) is 0.100. The van der Waals surface area contributed by atoms with Gasteiger partial charge in [0, 0.05) is 0 Å². The minimum Gasteiger partial charge on any atom is -0.508 e. The molecule has 3 aromatic carbocycles. The van der Waals surface area contributed by atoms with Crippen LogP contribution in [0.3, 0.4) is 0 Å². The first kappa shape index (κ1) is 14.8. The number of phenolic OH excluding ortho intramolecular Hbond substituents is 1. The molecule has 0 aliphatic carbocycles. The van der Waals surface area contributed by atoms with Crippen LogP contribution in [0.15, 0.2) is 84.9 Å². The maximum Gasteiger partial charge on any atom is 0.115 e. The van der Waals surface area contributed by atoms with Crippen molar-refractivity contribution in [2.45, 2.75) is 6.92 Å². The van der Waals surface area contributed by atoms with Crippen molar-refractivity contribution in [1.82, 2.24) is 0 Å². The molecule has 111 valence electrons. The lowest BCUT2D eigenvalue weighted by Gasteiger charge is -2.37. The molecule has 0 heterocycles. The minimum atomic E-state index is -1.67. The lowest BCUT2D eigenvalue weighted by molar-refractivity contribution is 0.475. The Morgan fingerprint density at radius 1 is 0.636 bits per heavy atom. The van der Waals surface area contributed by atoms with Gasteiger partial charge >= 0.3 is 0 Å². The van der Waals surface area contributed by atoms with Crippen LogP contribution in [0.4, 0.5) is 0 Å². The molecule has 0 aliphatic rings. The van der Waals surface area contributed by atoms with E-state index in [0.29, 0.717) is 5.75 Å². The molecule has 0 amide bonds. The van der Waals surface area contributed by atoms with Crippen molar-refractivity contribution in [1.29, 1.82) is 0 Å². The highest BCUT2D eigenvalue weighted by molar-refractivity contribution is 7.95. The summed E-state index contributed by atoms with van der Waals surface area (Å²) in [5.41, 5.74) is 0. The van der Waals surface area contributed by atoms with Crippen LogP contribution in [0, 0.1) is 0 Å². The molecular weight excluding hydrogens is 287 g/mol. The third-order valence-corrected chi connectivity index (χ3v) is 8.65. The molecule has 3 rings (SSSR count). The summed E-state index contributed by atoms with van der Waals surface area (Å²) < 4.78 is 0. The molecular formula is C20H20OP. The highest BCUT2D eigenvalue weighted by Gasteiger charge is 2.31. The zero-order valence-corrected chi connectivity index (χ0v) is 13.6. The van der Waals surface area contributed by atoms with Crippen LogP contribution in [0.1, 0.15) is 6.92 Å². The molecule has 22 heavy (non-hydrogen) atoms. The molecule has 0 saturated heterocycles. The number of benzene rings is 3. The van der Waals surface area contributed by atoms with E-state index < -0.39 is 7.26 Å². The summed E-state index contributed by atoms with van der Waals surface area (Å²) in [5, 5.41) is 13.7. The predicted molar refractivity (Wildman–Crippen MR) is 97.4 cm³/mol. The van der Waals surface area contributed by atoms with Gasteiger partial charge in [0.05, 0.1) is 0 Å². The molecule has 0 fully saturated rings. The Kier molecular flexibility index (Phi) is 4.27. The van der Waals surface area contributed by atoms with Gasteiger partial charge in [0.1, 0.15) is 5.75 Å². The Labute approximate surface area is 132 Å². The first-order valence-corrected chi connectivity index (χ1v) is 9.53. The number of phenols is 1. The van der Waals surface area contributed by atoms with Gasteiger partial charge in [-0.1, -0.05) is 79.7 Å². The van der Waals surface area contributed by atoms with Gasteiger partial charge < -0.3 is 5.11 Å². The van der Waals surface area contributed by atoms with Crippen molar-refractivity contribution >= 4 is 23.2 Å². The van der Waals surface area contributed by atoms with Crippen LogP contribution >= 0.6 is 7.26 Å². The first-order chi connectivity index (χ1) is 10.8. The summed E-state index contributed by atoms with van der Waals surface area (Å²) in [7, 11) is -1.67. The summed E-state index contributed by atoms with van der Waals surface area (Å²) in [6, 6.07) is 29.3. The highest BCUT2D eigenvalue weighted by Crippen LogP contribution is 2.54. The van der Waals surface area contributed by atoms with E-state index in [1.807, 2.05) is 0 Å². The van der Waals surface area contributed by atoms with E-state index in [0.717, 1.165) is 6.16 Å².